The van der Waals surface area contributed by atoms with Crippen LogP contribution in [0.4, 0.5) is 0 Å². The van der Waals surface area contributed by atoms with Crippen molar-refractivity contribution in [3.05, 3.63) is 105 Å². The molecule has 6 aromatic rings. The molecule has 0 saturated carbocycles. The van der Waals surface area contributed by atoms with Crippen molar-refractivity contribution in [2.24, 2.45) is 0 Å². The number of esters is 2. The summed E-state index contributed by atoms with van der Waals surface area (Å²) in [6.07, 6.45) is 3.29. The van der Waals surface area contributed by atoms with Crippen molar-refractivity contribution in [2.45, 2.75) is 13.8 Å². The van der Waals surface area contributed by atoms with Gasteiger partial charge in [0.25, 0.3) is 0 Å². The zero-order valence-corrected chi connectivity index (χ0v) is 27.7. The third-order valence-electron chi connectivity index (χ3n) is 6.17. The van der Waals surface area contributed by atoms with Gasteiger partial charge in [-0.15, -0.1) is 0 Å². The minimum Gasteiger partial charge on any atom is -0.464 e. The molecule has 0 aliphatic rings. The highest BCUT2D eigenvalue weighted by atomic mass is 79.9. The van der Waals surface area contributed by atoms with Gasteiger partial charge in [0, 0.05) is 21.3 Å². The Morgan fingerprint density at radius 3 is 2.09 bits per heavy atom. The molecule has 0 atom stereocenters. The molecule has 0 spiro atoms. The molecule has 0 aliphatic carbocycles. The first-order valence-corrected chi connectivity index (χ1v) is 14.8. The number of ether oxygens (including phenoxy) is 2. The topological polar surface area (TPSA) is 165 Å². The molecule has 2 aromatic carbocycles. The molecule has 45 heavy (non-hydrogen) atoms. The third-order valence-corrected chi connectivity index (χ3v) is 7.09. The molecular weight excluding hydrogens is 711 g/mol. The molecule has 4 aromatic heterocycles. The summed E-state index contributed by atoms with van der Waals surface area (Å²) in [6, 6.07) is 18.3. The van der Waals surface area contributed by atoms with Crippen LogP contribution in [0.1, 0.15) is 32.1 Å². The molecule has 0 aliphatic heterocycles. The van der Waals surface area contributed by atoms with E-state index in [4.69, 9.17) is 14.8 Å². The van der Waals surface area contributed by atoms with Crippen molar-refractivity contribution < 1.29 is 29.1 Å². The van der Waals surface area contributed by atoms with E-state index < -0.39 is 19.1 Å². The highest BCUT2D eigenvalue weighted by Crippen LogP contribution is 2.24. The van der Waals surface area contributed by atoms with Crippen molar-refractivity contribution in [3.8, 4) is 5.69 Å². The Morgan fingerprint density at radius 2 is 1.47 bits per heavy atom. The van der Waals surface area contributed by atoms with Crippen LogP contribution in [0.3, 0.4) is 0 Å². The molecule has 0 fully saturated rings. The lowest BCUT2D eigenvalue weighted by Crippen LogP contribution is -2.29. The van der Waals surface area contributed by atoms with Gasteiger partial charge in [0.05, 0.1) is 30.7 Å². The van der Waals surface area contributed by atoms with Crippen LogP contribution in [0.15, 0.2) is 82.0 Å². The summed E-state index contributed by atoms with van der Waals surface area (Å²) in [4.78, 5) is 31.3. The third kappa shape index (κ3) is 8.19. The van der Waals surface area contributed by atoms with Gasteiger partial charge < -0.3 is 19.5 Å². The second-order valence-electron chi connectivity index (χ2n) is 9.51. The van der Waals surface area contributed by atoms with Gasteiger partial charge in [0.15, 0.2) is 22.7 Å². The van der Waals surface area contributed by atoms with Crippen LogP contribution in [-0.2, 0) is 9.47 Å². The fraction of sp³-hybridized carbons (Fsp3) is 0.133. The van der Waals surface area contributed by atoms with E-state index >= 15 is 0 Å². The number of benzene rings is 2. The predicted molar refractivity (Wildman–Crippen MR) is 177 cm³/mol. The Bertz CT molecular complexity index is 1940. The molecule has 12 nitrogen and oxygen atoms in total. The van der Waals surface area contributed by atoms with Gasteiger partial charge in [-0.05, 0) is 79.5 Å². The number of nitrogens with zero attached hydrogens (tertiary/aromatic N) is 5. The van der Waals surface area contributed by atoms with E-state index in [1.807, 2.05) is 44.2 Å². The van der Waals surface area contributed by atoms with E-state index in [9.17, 15) is 9.59 Å². The molecule has 0 bridgehead atoms. The fourth-order valence-electron chi connectivity index (χ4n) is 4.24. The smallest absolute Gasteiger partial charge is 0.464 e. The lowest BCUT2D eigenvalue weighted by molar-refractivity contribution is 0.0587. The van der Waals surface area contributed by atoms with Crippen LogP contribution in [-0.4, -0.2) is 73.3 Å². The van der Waals surface area contributed by atoms with Gasteiger partial charge in [0.1, 0.15) is 0 Å². The fourth-order valence-corrected chi connectivity index (χ4v) is 5.46. The second kappa shape index (κ2) is 15.0. The molecule has 6 rings (SSSR count). The molecule has 3 N–H and O–H groups in total. The van der Waals surface area contributed by atoms with Crippen molar-refractivity contribution in [1.29, 1.82) is 0 Å². The lowest BCUT2D eigenvalue weighted by Gasteiger charge is -2.05. The van der Waals surface area contributed by atoms with Crippen molar-refractivity contribution in [1.82, 2.24) is 29.9 Å². The number of nitrogens with one attached hydrogen (secondary N) is 1. The summed E-state index contributed by atoms with van der Waals surface area (Å²) < 4.78 is 12.8. The summed E-state index contributed by atoms with van der Waals surface area (Å²) >= 11 is 6.73. The summed E-state index contributed by atoms with van der Waals surface area (Å²) in [5, 5.41) is 29.8. The number of rotatable bonds is 4. The van der Waals surface area contributed by atoms with E-state index in [0.29, 0.717) is 33.2 Å². The Balaban J connectivity index is 0.000000165. The van der Waals surface area contributed by atoms with Gasteiger partial charge >= 0.3 is 19.1 Å². The molecule has 4 heterocycles. The number of carbonyl (C=O) groups is 2. The predicted octanol–water partition coefficient (Wildman–Crippen LogP) is 4.46. The van der Waals surface area contributed by atoms with Gasteiger partial charge in [-0.1, -0.05) is 43.5 Å². The molecule has 0 unspecified atom stereocenters. The summed E-state index contributed by atoms with van der Waals surface area (Å²) in [5.41, 5.74) is 5.17. The normalized spacial score (nSPS) is 10.4. The Labute approximate surface area is 274 Å². The van der Waals surface area contributed by atoms with Gasteiger partial charge in [-0.3, -0.25) is 5.10 Å². The standard InChI is InChI=1S/C15H12BrN3O2.C8H7N3O2.C7H8BBrO2/c1-9-6-10(16)8-11(7-9)19-14-12(4-3-5-17-14)13(18-19)15(20)21-2;1-13-8(12)6-5-3-2-4-9-7(5)11-10-6;1-5-2-6(8(10)11)4-7(9)3-5/h3-8H,1-2H3;2-4H,1H3,(H,9,10,11);2-4,10-11H,1H3. The van der Waals surface area contributed by atoms with E-state index in [0.717, 1.165) is 25.8 Å². The second-order valence-corrected chi connectivity index (χ2v) is 11.3. The van der Waals surface area contributed by atoms with Crippen LogP contribution in [0.5, 0.6) is 0 Å². The molecule has 15 heteroatoms. The van der Waals surface area contributed by atoms with Gasteiger partial charge in [-0.25, -0.2) is 24.2 Å². The highest BCUT2D eigenvalue weighted by Gasteiger charge is 2.19. The molecule has 230 valence electrons. The van der Waals surface area contributed by atoms with E-state index in [-0.39, 0.29) is 5.69 Å². The maximum Gasteiger partial charge on any atom is 0.488 e. The Kier molecular flexibility index (Phi) is 11.2. The molecule has 0 radical (unpaired) electrons. The first kappa shape index (κ1) is 33.5. The Morgan fingerprint density at radius 1 is 0.844 bits per heavy atom. The number of aromatic nitrogens is 6. The van der Waals surface area contributed by atoms with E-state index in [1.54, 1.807) is 47.4 Å². The number of fused-ring (bicyclic) bond motifs is 2. The SMILES string of the molecule is COC(=O)c1[nH]nc2ncccc12.COC(=O)c1nn(-c2cc(C)cc(Br)c2)c2ncccc12.Cc1cc(Br)cc(B(O)O)c1. The first-order chi connectivity index (χ1) is 21.5. The largest absolute Gasteiger partial charge is 0.488 e. The number of aryl methyl sites for hydroxylation is 2. The van der Waals surface area contributed by atoms with Crippen molar-refractivity contribution >= 4 is 78.4 Å². The average Bonchev–Trinajstić information content (AvgIpc) is 3.62. The number of methoxy groups -OCH3 is 2. The monoisotopic (exact) mass is 736 g/mol. The number of hydrogen-bond acceptors (Lipinski definition) is 10. The summed E-state index contributed by atoms with van der Waals surface area (Å²) in [5.74, 6) is -0.908. The number of carbonyl (C=O) groups excluding carboxylic acids is 2. The lowest BCUT2D eigenvalue weighted by atomic mass is 9.80. The number of hydrogen-bond donors (Lipinski definition) is 3. The maximum absolute atomic E-state index is 11.9. The van der Waals surface area contributed by atoms with E-state index in [1.165, 1.54) is 14.2 Å². The summed E-state index contributed by atoms with van der Waals surface area (Å²) in [7, 11) is 1.28. The number of pyridine rings is 2. The van der Waals surface area contributed by atoms with Crippen LogP contribution in [0, 0.1) is 13.8 Å². The zero-order chi connectivity index (χ0) is 32.7. The van der Waals surface area contributed by atoms with Crippen molar-refractivity contribution in [3.63, 3.8) is 0 Å². The number of aromatic amines is 1. The van der Waals surface area contributed by atoms with Crippen LogP contribution in [0.2, 0.25) is 0 Å². The molecular formula is C30H27BBr2N6O6. The molecule has 0 amide bonds. The number of halogens is 2. The highest BCUT2D eigenvalue weighted by molar-refractivity contribution is 9.10. The zero-order valence-electron chi connectivity index (χ0n) is 24.5. The first-order valence-electron chi connectivity index (χ1n) is 13.2. The summed E-state index contributed by atoms with van der Waals surface area (Å²) in [6.45, 7) is 3.89. The quantitative estimate of drug-likeness (QED) is 0.174. The maximum atomic E-state index is 11.9. The van der Waals surface area contributed by atoms with Crippen LogP contribution < -0.4 is 5.46 Å². The number of H-pyrrole nitrogens is 1. The minimum atomic E-state index is -1.38. The van der Waals surface area contributed by atoms with Gasteiger partial charge in [0.2, 0.25) is 0 Å². The van der Waals surface area contributed by atoms with Gasteiger partial charge in [-0.2, -0.15) is 10.2 Å². The molecule has 0 saturated heterocycles. The van der Waals surface area contributed by atoms with E-state index in [2.05, 4.69) is 61.9 Å². The average molecular weight is 738 g/mol. The van der Waals surface area contributed by atoms with Crippen LogP contribution >= 0.6 is 31.9 Å². The van der Waals surface area contributed by atoms with Crippen molar-refractivity contribution in [2.75, 3.05) is 14.2 Å². The Hall–Kier alpha value is -4.44. The minimum absolute atomic E-state index is 0.262. The van der Waals surface area contributed by atoms with Crippen LogP contribution in [0.25, 0.3) is 27.8 Å².